The number of methoxy groups -OCH3 is 1. The number of hydrogen-bond donors (Lipinski definition) is 1. The second-order valence-electron chi connectivity index (χ2n) is 4.70. The van der Waals surface area contributed by atoms with Crippen LogP contribution in [0.5, 0.6) is 5.75 Å². The van der Waals surface area contributed by atoms with Crippen molar-refractivity contribution in [1.82, 2.24) is 15.5 Å². The topological polar surface area (TPSA) is 60.2 Å². The van der Waals surface area contributed by atoms with E-state index in [2.05, 4.69) is 15.5 Å². The lowest BCUT2D eigenvalue weighted by Crippen LogP contribution is -2.28. The summed E-state index contributed by atoms with van der Waals surface area (Å²) in [7, 11) is 1.64. The predicted octanol–water partition coefficient (Wildman–Crippen LogP) is 2.63. The van der Waals surface area contributed by atoms with Crippen LogP contribution < -0.4 is 10.1 Å². The Kier molecular flexibility index (Phi) is 4.98. The summed E-state index contributed by atoms with van der Waals surface area (Å²) in [4.78, 5) is 4.51. The minimum atomic E-state index is 0. The number of aromatic nitrogens is 2. The Morgan fingerprint density at radius 3 is 2.95 bits per heavy atom. The minimum Gasteiger partial charge on any atom is -0.496 e. The Morgan fingerprint density at radius 2 is 2.20 bits per heavy atom. The van der Waals surface area contributed by atoms with E-state index in [-0.39, 0.29) is 12.4 Å². The molecular formula is C14H18ClN3O2. The zero-order valence-electron chi connectivity index (χ0n) is 11.3. The van der Waals surface area contributed by atoms with Gasteiger partial charge in [0.05, 0.1) is 18.6 Å². The lowest BCUT2D eigenvalue weighted by Gasteiger charge is -2.18. The summed E-state index contributed by atoms with van der Waals surface area (Å²) in [5.41, 5.74) is 0.865. The monoisotopic (exact) mass is 295 g/mol. The van der Waals surface area contributed by atoms with E-state index in [0.29, 0.717) is 17.6 Å². The van der Waals surface area contributed by atoms with Crippen LogP contribution in [0.1, 0.15) is 24.7 Å². The van der Waals surface area contributed by atoms with Gasteiger partial charge in [0.15, 0.2) is 0 Å². The van der Waals surface area contributed by atoms with E-state index in [4.69, 9.17) is 9.26 Å². The number of benzene rings is 1. The quantitative estimate of drug-likeness (QED) is 0.943. The summed E-state index contributed by atoms with van der Waals surface area (Å²) in [5.74, 6) is 2.40. The average Bonchev–Trinajstić information content (AvgIpc) is 2.98. The van der Waals surface area contributed by atoms with Crippen molar-refractivity contribution < 1.29 is 9.26 Å². The van der Waals surface area contributed by atoms with Crippen LogP contribution in [-0.4, -0.2) is 30.3 Å². The van der Waals surface area contributed by atoms with Crippen molar-refractivity contribution in [3.8, 4) is 17.1 Å². The first kappa shape index (κ1) is 14.8. The lowest BCUT2D eigenvalue weighted by molar-refractivity contribution is 0.322. The highest BCUT2D eigenvalue weighted by Gasteiger charge is 2.22. The Bertz CT molecular complexity index is 553. The van der Waals surface area contributed by atoms with Gasteiger partial charge in [-0.15, -0.1) is 12.4 Å². The molecule has 0 radical (unpaired) electrons. The number of nitrogens with zero attached hydrogens (tertiary/aromatic N) is 2. The van der Waals surface area contributed by atoms with Crippen molar-refractivity contribution >= 4 is 12.4 Å². The molecule has 0 aliphatic carbocycles. The normalized spacial score (nSPS) is 18.4. The molecule has 2 heterocycles. The summed E-state index contributed by atoms with van der Waals surface area (Å²) >= 11 is 0. The van der Waals surface area contributed by atoms with E-state index >= 15 is 0 Å². The van der Waals surface area contributed by atoms with Gasteiger partial charge in [-0.1, -0.05) is 17.3 Å². The van der Waals surface area contributed by atoms with Crippen molar-refractivity contribution in [1.29, 1.82) is 0 Å². The first-order chi connectivity index (χ1) is 9.38. The Morgan fingerprint density at radius 1 is 1.35 bits per heavy atom. The van der Waals surface area contributed by atoms with Crippen LogP contribution >= 0.6 is 12.4 Å². The molecule has 0 spiro atoms. The molecule has 1 saturated heterocycles. The molecule has 1 unspecified atom stereocenters. The Labute approximate surface area is 124 Å². The molecule has 1 aromatic carbocycles. The molecule has 0 amide bonds. The van der Waals surface area contributed by atoms with E-state index in [9.17, 15) is 0 Å². The standard InChI is InChI=1S/C14H17N3O2.ClH/c1-18-12-7-3-2-6-11(12)13-16-14(19-17-13)10-5-4-8-15-9-10;/h2-3,6-7,10,15H,4-5,8-9H2,1H3;1H. The molecule has 3 rings (SSSR count). The molecular weight excluding hydrogens is 278 g/mol. The number of piperidine rings is 1. The molecule has 1 fully saturated rings. The second-order valence-corrected chi connectivity index (χ2v) is 4.70. The second kappa shape index (κ2) is 6.72. The van der Waals surface area contributed by atoms with E-state index in [0.717, 1.165) is 37.2 Å². The summed E-state index contributed by atoms with van der Waals surface area (Å²) < 4.78 is 10.7. The number of ether oxygens (including phenoxy) is 1. The number of nitrogens with one attached hydrogen (secondary N) is 1. The molecule has 108 valence electrons. The Hall–Kier alpha value is -1.59. The van der Waals surface area contributed by atoms with Gasteiger partial charge in [0.2, 0.25) is 11.7 Å². The third-order valence-corrected chi connectivity index (χ3v) is 3.44. The van der Waals surface area contributed by atoms with Gasteiger partial charge in [0.25, 0.3) is 0 Å². The highest BCUT2D eigenvalue weighted by atomic mass is 35.5. The SMILES string of the molecule is COc1ccccc1-c1noc(C2CCCNC2)n1.Cl. The maximum absolute atomic E-state index is 5.40. The van der Waals surface area contributed by atoms with Gasteiger partial charge < -0.3 is 14.6 Å². The van der Waals surface area contributed by atoms with Gasteiger partial charge >= 0.3 is 0 Å². The maximum atomic E-state index is 5.40. The minimum absolute atomic E-state index is 0. The predicted molar refractivity (Wildman–Crippen MR) is 78.4 cm³/mol. The summed E-state index contributed by atoms with van der Waals surface area (Å²) in [6, 6.07) is 7.70. The smallest absolute Gasteiger partial charge is 0.231 e. The number of hydrogen-bond acceptors (Lipinski definition) is 5. The van der Waals surface area contributed by atoms with E-state index in [1.54, 1.807) is 7.11 Å². The fourth-order valence-corrected chi connectivity index (χ4v) is 2.40. The van der Waals surface area contributed by atoms with Crippen molar-refractivity contribution in [2.45, 2.75) is 18.8 Å². The van der Waals surface area contributed by atoms with Crippen LogP contribution in [0.15, 0.2) is 28.8 Å². The third kappa shape index (κ3) is 2.94. The van der Waals surface area contributed by atoms with Crippen molar-refractivity contribution in [3.63, 3.8) is 0 Å². The van der Waals surface area contributed by atoms with Gasteiger partial charge in [-0.3, -0.25) is 0 Å². The number of halogens is 1. The van der Waals surface area contributed by atoms with Crippen molar-refractivity contribution in [2.75, 3.05) is 20.2 Å². The fraction of sp³-hybridized carbons (Fsp3) is 0.429. The number of para-hydroxylation sites is 1. The van der Waals surface area contributed by atoms with Crippen LogP contribution in [0.25, 0.3) is 11.4 Å². The average molecular weight is 296 g/mol. The highest BCUT2D eigenvalue weighted by Crippen LogP contribution is 2.29. The first-order valence-electron chi connectivity index (χ1n) is 6.56. The zero-order chi connectivity index (χ0) is 13.1. The molecule has 6 heteroatoms. The van der Waals surface area contributed by atoms with Crippen molar-refractivity contribution in [3.05, 3.63) is 30.2 Å². The molecule has 20 heavy (non-hydrogen) atoms. The summed E-state index contributed by atoms with van der Waals surface area (Å²) in [5, 5.41) is 7.43. The van der Waals surface area contributed by atoms with Gasteiger partial charge in [0, 0.05) is 6.54 Å². The third-order valence-electron chi connectivity index (χ3n) is 3.44. The van der Waals surface area contributed by atoms with Crippen LogP contribution in [0, 0.1) is 0 Å². The molecule has 1 aliphatic heterocycles. The molecule has 5 nitrogen and oxygen atoms in total. The molecule has 1 aliphatic rings. The summed E-state index contributed by atoms with van der Waals surface area (Å²) in [6.07, 6.45) is 2.25. The van der Waals surface area contributed by atoms with Crippen molar-refractivity contribution in [2.24, 2.45) is 0 Å². The first-order valence-corrected chi connectivity index (χ1v) is 6.56. The van der Waals surface area contributed by atoms with Gasteiger partial charge in [-0.25, -0.2) is 0 Å². The van der Waals surface area contributed by atoms with E-state index in [1.165, 1.54) is 0 Å². The van der Waals surface area contributed by atoms with Crippen LogP contribution in [0.2, 0.25) is 0 Å². The molecule has 1 aromatic heterocycles. The van der Waals surface area contributed by atoms with Gasteiger partial charge in [-0.2, -0.15) is 4.98 Å². The van der Waals surface area contributed by atoms with E-state index < -0.39 is 0 Å². The van der Waals surface area contributed by atoms with Crippen LogP contribution in [-0.2, 0) is 0 Å². The highest BCUT2D eigenvalue weighted by molar-refractivity contribution is 5.85. The number of rotatable bonds is 3. The maximum Gasteiger partial charge on any atom is 0.231 e. The lowest BCUT2D eigenvalue weighted by atomic mass is 10.00. The van der Waals surface area contributed by atoms with Crippen LogP contribution in [0.3, 0.4) is 0 Å². The van der Waals surface area contributed by atoms with Gasteiger partial charge in [0.1, 0.15) is 5.75 Å². The van der Waals surface area contributed by atoms with Gasteiger partial charge in [-0.05, 0) is 31.5 Å². The Balaban J connectivity index is 0.00000147. The van der Waals surface area contributed by atoms with E-state index in [1.807, 2.05) is 24.3 Å². The largest absolute Gasteiger partial charge is 0.496 e. The molecule has 0 bridgehead atoms. The van der Waals surface area contributed by atoms with Crippen LogP contribution in [0.4, 0.5) is 0 Å². The fourth-order valence-electron chi connectivity index (χ4n) is 2.40. The molecule has 0 saturated carbocycles. The summed E-state index contributed by atoms with van der Waals surface area (Å²) in [6.45, 7) is 1.98. The molecule has 1 atom stereocenters. The molecule has 1 N–H and O–H groups in total. The molecule has 2 aromatic rings. The zero-order valence-corrected chi connectivity index (χ0v) is 12.2.